The third-order valence-corrected chi connectivity index (χ3v) is 7.54. The maximum absolute atomic E-state index is 13.7. The number of carbonyl (C=O) groups excluding carboxylic acids is 1. The number of aromatic amines is 1. The number of methoxy groups -OCH3 is 2. The highest BCUT2D eigenvalue weighted by atomic mass is 16.5. The lowest BCUT2D eigenvalue weighted by Gasteiger charge is -2.44. The Morgan fingerprint density at radius 3 is 2.64 bits per heavy atom. The molecule has 0 bridgehead atoms. The lowest BCUT2D eigenvalue weighted by Crippen LogP contribution is -2.53. The van der Waals surface area contributed by atoms with E-state index < -0.39 is 0 Å². The molecule has 3 aliphatic heterocycles. The Morgan fingerprint density at radius 1 is 1.21 bits per heavy atom. The number of benzene rings is 1. The van der Waals surface area contributed by atoms with Gasteiger partial charge in [0.15, 0.2) is 0 Å². The summed E-state index contributed by atoms with van der Waals surface area (Å²) in [7, 11) is 3.36. The highest BCUT2D eigenvalue weighted by Gasteiger charge is 2.54. The second kappa shape index (κ2) is 8.41. The fourth-order valence-corrected chi connectivity index (χ4v) is 5.96. The van der Waals surface area contributed by atoms with Crippen molar-refractivity contribution in [3.05, 3.63) is 53.3 Å². The first kappa shape index (κ1) is 21.8. The number of ether oxygens (including phenoxy) is 2. The minimum atomic E-state index is -0.260. The summed E-state index contributed by atoms with van der Waals surface area (Å²) in [5, 5.41) is 0. The molecule has 1 aromatic carbocycles. The normalized spacial score (nSPS) is 22.1. The number of amides is 2. The zero-order chi connectivity index (χ0) is 23.2. The van der Waals surface area contributed by atoms with Gasteiger partial charge in [-0.05, 0) is 31.4 Å². The molecule has 2 fully saturated rings. The van der Waals surface area contributed by atoms with Crippen molar-refractivity contribution in [2.75, 3.05) is 33.9 Å². The molecular weight excluding hydrogens is 418 g/mol. The van der Waals surface area contributed by atoms with Gasteiger partial charge in [0.2, 0.25) is 0 Å². The van der Waals surface area contributed by atoms with E-state index in [1.165, 1.54) is 0 Å². The number of imidazole rings is 1. The average Bonchev–Trinajstić information content (AvgIpc) is 3.36. The molecule has 4 heterocycles. The van der Waals surface area contributed by atoms with E-state index in [0.717, 1.165) is 66.5 Å². The number of rotatable bonds is 5. The number of hydrogen-bond acceptors (Lipinski definition) is 5. The van der Waals surface area contributed by atoms with Crippen LogP contribution in [-0.2, 0) is 13.1 Å². The predicted molar refractivity (Wildman–Crippen MR) is 125 cm³/mol. The third-order valence-electron chi connectivity index (χ3n) is 7.54. The summed E-state index contributed by atoms with van der Waals surface area (Å²) in [6.45, 7) is 8.26. The van der Waals surface area contributed by atoms with Gasteiger partial charge in [-0.3, -0.25) is 9.80 Å². The van der Waals surface area contributed by atoms with Gasteiger partial charge in [-0.25, -0.2) is 9.78 Å². The Bertz CT molecular complexity index is 1060. The van der Waals surface area contributed by atoms with Gasteiger partial charge in [-0.2, -0.15) is 0 Å². The van der Waals surface area contributed by atoms with E-state index in [0.29, 0.717) is 13.1 Å². The molecule has 3 aliphatic rings. The number of carbonyl (C=O) groups is 1. The van der Waals surface area contributed by atoms with Gasteiger partial charge in [0.05, 0.1) is 32.6 Å². The van der Waals surface area contributed by atoms with E-state index in [1.807, 2.05) is 23.2 Å². The molecule has 2 saturated heterocycles. The van der Waals surface area contributed by atoms with Crippen LogP contribution in [-0.4, -0.2) is 70.1 Å². The van der Waals surface area contributed by atoms with E-state index in [2.05, 4.69) is 39.7 Å². The van der Waals surface area contributed by atoms with Gasteiger partial charge >= 0.3 is 6.03 Å². The predicted octanol–water partition coefficient (Wildman–Crippen LogP) is 3.72. The number of likely N-dealkylation sites (tertiary alicyclic amines) is 1. The molecular formula is C25H33N5O3. The highest BCUT2D eigenvalue weighted by Crippen LogP contribution is 2.49. The fourth-order valence-electron chi connectivity index (χ4n) is 5.96. The van der Waals surface area contributed by atoms with Crippen molar-refractivity contribution < 1.29 is 14.3 Å². The SMILES string of the molecule is CCN1C(=O)N2Cc3cc(OC)cc(OC)c3[C@@H](C)C=C2C12CCN(Cc1cnc[nH]1)CC2. The number of hydrogen-bond donors (Lipinski definition) is 1. The largest absolute Gasteiger partial charge is 0.497 e. The van der Waals surface area contributed by atoms with E-state index in [-0.39, 0.29) is 17.5 Å². The van der Waals surface area contributed by atoms with E-state index in [9.17, 15) is 4.79 Å². The molecule has 1 spiro atoms. The molecule has 8 heteroatoms. The number of nitrogens with zero attached hydrogens (tertiary/aromatic N) is 4. The first-order chi connectivity index (χ1) is 16.0. The number of fused-ring (bicyclic) bond motifs is 3. The highest BCUT2D eigenvalue weighted by molar-refractivity contribution is 5.83. The first-order valence-electron chi connectivity index (χ1n) is 11.8. The Balaban J connectivity index is 1.49. The van der Waals surface area contributed by atoms with Crippen LogP contribution in [0.15, 0.2) is 36.4 Å². The number of allylic oxidation sites excluding steroid dienone is 1. The van der Waals surface area contributed by atoms with Crippen molar-refractivity contribution in [1.29, 1.82) is 0 Å². The van der Waals surface area contributed by atoms with E-state index in [4.69, 9.17) is 9.47 Å². The Morgan fingerprint density at radius 2 is 2.00 bits per heavy atom. The molecule has 176 valence electrons. The van der Waals surface area contributed by atoms with Crippen LogP contribution in [0.2, 0.25) is 0 Å². The molecule has 5 rings (SSSR count). The summed E-state index contributed by atoms with van der Waals surface area (Å²) in [4.78, 5) is 27.6. The molecule has 0 radical (unpaired) electrons. The number of likely N-dealkylation sites (N-methyl/N-ethyl adjacent to an activating group) is 1. The van der Waals surface area contributed by atoms with Crippen LogP contribution in [0.25, 0.3) is 0 Å². The zero-order valence-electron chi connectivity index (χ0n) is 19.9. The van der Waals surface area contributed by atoms with Crippen molar-refractivity contribution in [3.63, 3.8) is 0 Å². The summed E-state index contributed by atoms with van der Waals surface area (Å²) >= 11 is 0. The first-order valence-corrected chi connectivity index (χ1v) is 11.8. The van der Waals surface area contributed by atoms with Crippen LogP contribution in [0.3, 0.4) is 0 Å². The molecule has 1 aromatic heterocycles. The Kier molecular flexibility index (Phi) is 5.56. The van der Waals surface area contributed by atoms with Crippen LogP contribution in [0.1, 0.15) is 49.4 Å². The second-order valence-electron chi connectivity index (χ2n) is 9.24. The number of urea groups is 1. The lowest BCUT2D eigenvalue weighted by molar-refractivity contribution is 0.0882. The second-order valence-corrected chi connectivity index (χ2v) is 9.24. The monoisotopic (exact) mass is 451 g/mol. The zero-order valence-corrected chi connectivity index (χ0v) is 19.9. The fraction of sp³-hybridized carbons (Fsp3) is 0.520. The smallest absolute Gasteiger partial charge is 0.325 e. The molecule has 1 N–H and O–H groups in total. The standard InChI is InChI=1S/C25H33N5O3/c1-5-30-24(31)29-14-18-11-20(32-3)12-21(33-4)23(18)17(2)10-22(29)25(30)6-8-28(9-7-25)15-19-13-26-16-27-19/h10-13,16-17H,5-9,14-15H2,1-4H3,(H,26,27)/t17-/m0/s1. The summed E-state index contributed by atoms with van der Waals surface area (Å²) in [6, 6.07) is 4.09. The van der Waals surface area contributed by atoms with Gasteiger partial charge in [0.1, 0.15) is 11.5 Å². The summed E-state index contributed by atoms with van der Waals surface area (Å²) < 4.78 is 11.3. The van der Waals surface area contributed by atoms with Gasteiger partial charge < -0.3 is 19.4 Å². The average molecular weight is 452 g/mol. The summed E-state index contributed by atoms with van der Waals surface area (Å²) in [6.07, 6.45) is 7.77. The van der Waals surface area contributed by atoms with Crippen molar-refractivity contribution in [2.24, 2.45) is 0 Å². The lowest BCUT2D eigenvalue weighted by atomic mass is 9.82. The molecule has 2 amide bonds. The number of nitrogens with one attached hydrogen (secondary N) is 1. The van der Waals surface area contributed by atoms with E-state index >= 15 is 0 Å². The van der Waals surface area contributed by atoms with Crippen molar-refractivity contribution in [3.8, 4) is 11.5 Å². The molecule has 8 nitrogen and oxygen atoms in total. The molecule has 33 heavy (non-hydrogen) atoms. The molecule has 0 saturated carbocycles. The van der Waals surface area contributed by atoms with Crippen LogP contribution in [0.5, 0.6) is 11.5 Å². The van der Waals surface area contributed by atoms with Crippen LogP contribution < -0.4 is 9.47 Å². The molecule has 0 unspecified atom stereocenters. The minimum absolute atomic E-state index is 0.104. The maximum Gasteiger partial charge on any atom is 0.325 e. The summed E-state index contributed by atoms with van der Waals surface area (Å²) in [5.41, 5.74) is 4.25. The quantitative estimate of drug-likeness (QED) is 0.750. The summed E-state index contributed by atoms with van der Waals surface area (Å²) in [5.74, 6) is 1.70. The number of piperidine rings is 1. The minimum Gasteiger partial charge on any atom is -0.497 e. The Labute approximate surface area is 195 Å². The number of H-pyrrole nitrogens is 1. The maximum atomic E-state index is 13.7. The van der Waals surface area contributed by atoms with Gasteiger partial charge in [0, 0.05) is 61.3 Å². The topological polar surface area (TPSA) is 73.9 Å². The van der Waals surface area contributed by atoms with Crippen LogP contribution in [0, 0.1) is 0 Å². The van der Waals surface area contributed by atoms with Gasteiger partial charge in [-0.1, -0.05) is 13.0 Å². The van der Waals surface area contributed by atoms with Gasteiger partial charge in [-0.15, -0.1) is 0 Å². The molecule has 0 aliphatic carbocycles. The van der Waals surface area contributed by atoms with Crippen molar-refractivity contribution >= 4 is 6.03 Å². The van der Waals surface area contributed by atoms with Crippen LogP contribution >= 0.6 is 0 Å². The van der Waals surface area contributed by atoms with Crippen molar-refractivity contribution in [1.82, 2.24) is 24.7 Å². The third kappa shape index (κ3) is 3.47. The van der Waals surface area contributed by atoms with Crippen molar-refractivity contribution in [2.45, 2.75) is 51.2 Å². The molecule has 2 aromatic rings. The number of aromatic nitrogens is 2. The molecule has 1 atom stereocenters. The van der Waals surface area contributed by atoms with E-state index in [1.54, 1.807) is 20.5 Å². The Hall–Kier alpha value is -3.00. The van der Waals surface area contributed by atoms with Gasteiger partial charge in [0.25, 0.3) is 0 Å². The van der Waals surface area contributed by atoms with Crippen LogP contribution in [0.4, 0.5) is 4.79 Å².